The van der Waals surface area contributed by atoms with Crippen LogP contribution >= 0.6 is 34.7 Å². The Hall–Kier alpha value is -0.100. The molecule has 1 aliphatic rings. The van der Waals surface area contributed by atoms with Crippen LogP contribution < -0.4 is 0 Å². The van der Waals surface area contributed by atoms with E-state index < -0.39 is 0 Å². The van der Waals surface area contributed by atoms with E-state index in [0.29, 0.717) is 5.69 Å². The number of Topliss-reactive ketones (excluding diaryl/α,β-unsaturated/α-hetero) is 1. The van der Waals surface area contributed by atoms with Gasteiger partial charge in [-0.2, -0.15) is 11.8 Å². The fourth-order valence-electron chi connectivity index (χ4n) is 1.26. The molecule has 1 aromatic heterocycles. The van der Waals surface area contributed by atoms with Crippen molar-refractivity contribution in [2.75, 3.05) is 24.0 Å². The second-order valence-corrected chi connectivity index (χ2v) is 5.37. The Morgan fingerprint density at radius 3 is 3.27 bits per heavy atom. The minimum absolute atomic E-state index is 0.0105. The van der Waals surface area contributed by atoms with Crippen LogP contribution in [0, 0.1) is 0 Å². The smallest absolute Gasteiger partial charge is 0.196 e. The molecular weight excluding hydrogens is 254 g/mol. The van der Waals surface area contributed by atoms with Gasteiger partial charge in [0.2, 0.25) is 0 Å². The number of carbonyl (C=O) groups excluding carboxylic acids is 1. The normalized spacial score (nSPS) is 21.5. The lowest BCUT2D eigenvalue weighted by Gasteiger charge is -2.19. The van der Waals surface area contributed by atoms with E-state index in [1.807, 2.05) is 11.8 Å². The van der Waals surface area contributed by atoms with Crippen molar-refractivity contribution in [3.63, 3.8) is 0 Å². The molecule has 1 unspecified atom stereocenters. The summed E-state index contributed by atoms with van der Waals surface area (Å²) in [7, 11) is 0. The Morgan fingerprint density at radius 1 is 1.73 bits per heavy atom. The molecule has 15 heavy (non-hydrogen) atoms. The lowest BCUT2D eigenvalue weighted by atomic mass is 10.3. The first kappa shape index (κ1) is 11.4. The highest BCUT2D eigenvalue weighted by atomic mass is 35.5. The van der Waals surface area contributed by atoms with Crippen molar-refractivity contribution in [3.8, 4) is 0 Å². The summed E-state index contributed by atoms with van der Waals surface area (Å²) >= 11 is 8.78. The van der Waals surface area contributed by atoms with Crippen LogP contribution in [0.1, 0.15) is 21.6 Å². The van der Waals surface area contributed by atoms with Crippen LogP contribution in [0.2, 0.25) is 0 Å². The van der Waals surface area contributed by atoms with Gasteiger partial charge in [-0.05, 0) is 0 Å². The molecule has 2 heterocycles. The zero-order valence-electron chi connectivity index (χ0n) is 7.94. The van der Waals surface area contributed by atoms with Gasteiger partial charge in [0, 0.05) is 16.9 Å². The highest BCUT2D eigenvalue weighted by Crippen LogP contribution is 2.28. The van der Waals surface area contributed by atoms with Crippen molar-refractivity contribution in [2.45, 2.75) is 6.10 Å². The highest BCUT2D eigenvalue weighted by Gasteiger charge is 2.20. The van der Waals surface area contributed by atoms with Gasteiger partial charge in [-0.1, -0.05) is 0 Å². The number of halogens is 1. The number of aromatic nitrogens is 1. The molecule has 3 nitrogen and oxygen atoms in total. The maximum Gasteiger partial charge on any atom is 0.196 e. The van der Waals surface area contributed by atoms with Crippen molar-refractivity contribution in [1.82, 2.24) is 4.98 Å². The van der Waals surface area contributed by atoms with Gasteiger partial charge in [-0.25, -0.2) is 4.98 Å². The molecule has 6 heteroatoms. The maximum absolute atomic E-state index is 11.3. The van der Waals surface area contributed by atoms with E-state index in [-0.39, 0.29) is 17.8 Å². The standard InChI is InChI=1S/C9H10ClNO2S2/c10-3-7(12)6-4-15-9(11-6)8-5-14-2-1-13-8/h4,8H,1-3,5H2. The van der Waals surface area contributed by atoms with Gasteiger partial charge in [0.05, 0.1) is 12.5 Å². The second-order valence-electron chi connectivity index (χ2n) is 3.06. The van der Waals surface area contributed by atoms with E-state index in [0.717, 1.165) is 23.1 Å². The summed E-state index contributed by atoms with van der Waals surface area (Å²) in [4.78, 5) is 15.5. The number of hydrogen-bond acceptors (Lipinski definition) is 5. The van der Waals surface area contributed by atoms with Crippen LogP contribution in [0.15, 0.2) is 5.38 Å². The number of thioether (sulfide) groups is 1. The SMILES string of the molecule is O=C(CCl)c1csc(C2CSCCO2)n1. The molecule has 82 valence electrons. The fraction of sp³-hybridized carbons (Fsp3) is 0.556. The average Bonchev–Trinajstić information content (AvgIpc) is 2.78. The number of rotatable bonds is 3. The molecule has 0 amide bonds. The second kappa shape index (κ2) is 5.30. The third-order valence-electron chi connectivity index (χ3n) is 2.02. The Balaban J connectivity index is 2.08. The van der Waals surface area contributed by atoms with Crippen LogP contribution in [0.4, 0.5) is 0 Å². The summed E-state index contributed by atoms with van der Waals surface area (Å²) in [5.74, 6) is 1.82. The summed E-state index contributed by atoms with van der Waals surface area (Å²) in [6, 6.07) is 0. The Kier molecular flexibility index (Phi) is 4.02. The summed E-state index contributed by atoms with van der Waals surface area (Å²) in [6.07, 6.45) is 0.0469. The topological polar surface area (TPSA) is 39.2 Å². The molecule has 0 aliphatic carbocycles. The molecule has 1 aliphatic heterocycles. The third kappa shape index (κ3) is 2.72. The van der Waals surface area contributed by atoms with Crippen LogP contribution in [0.25, 0.3) is 0 Å². The Bertz CT molecular complexity index is 350. The van der Waals surface area contributed by atoms with E-state index in [9.17, 15) is 4.79 Å². The minimum atomic E-state index is -0.123. The Labute approximate surface area is 101 Å². The molecule has 0 saturated carbocycles. The Morgan fingerprint density at radius 2 is 2.60 bits per heavy atom. The average molecular weight is 264 g/mol. The van der Waals surface area contributed by atoms with Crippen molar-refractivity contribution in [2.24, 2.45) is 0 Å². The van der Waals surface area contributed by atoms with Crippen molar-refractivity contribution >= 4 is 40.5 Å². The molecule has 1 fully saturated rings. The van der Waals surface area contributed by atoms with E-state index in [1.165, 1.54) is 11.3 Å². The molecule has 1 saturated heterocycles. The molecule has 2 rings (SSSR count). The number of nitrogens with zero attached hydrogens (tertiary/aromatic N) is 1. The summed E-state index contributed by atoms with van der Waals surface area (Å²) in [5.41, 5.74) is 0.462. The first-order chi connectivity index (χ1) is 7.31. The first-order valence-corrected chi connectivity index (χ1v) is 7.12. The summed E-state index contributed by atoms with van der Waals surface area (Å²) < 4.78 is 5.57. The monoisotopic (exact) mass is 263 g/mol. The predicted molar refractivity (Wildman–Crippen MR) is 63.2 cm³/mol. The first-order valence-electron chi connectivity index (χ1n) is 4.55. The molecule has 0 spiro atoms. The maximum atomic E-state index is 11.3. The van der Waals surface area contributed by atoms with E-state index in [2.05, 4.69) is 4.98 Å². The van der Waals surface area contributed by atoms with Gasteiger partial charge >= 0.3 is 0 Å². The zero-order valence-corrected chi connectivity index (χ0v) is 10.3. The van der Waals surface area contributed by atoms with Gasteiger partial charge in [0.25, 0.3) is 0 Å². The zero-order chi connectivity index (χ0) is 10.7. The number of ketones is 1. The van der Waals surface area contributed by atoms with E-state index in [4.69, 9.17) is 16.3 Å². The predicted octanol–water partition coefficient (Wildman–Crippen LogP) is 2.37. The molecular formula is C9H10ClNO2S2. The van der Waals surface area contributed by atoms with Crippen molar-refractivity contribution in [1.29, 1.82) is 0 Å². The molecule has 0 aromatic carbocycles. The van der Waals surface area contributed by atoms with Crippen molar-refractivity contribution < 1.29 is 9.53 Å². The molecule has 1 atom stereocenters. The van der Waals surface area contributed by atoms with Gasteiger partial charge in [-0.15, -0.1) is 22.9 Å². The number of hydrogen-bond donors (Lipinski definition) is 0. The number of ether oxygens (including phenoxy) is 1. The molecule has 0 N–H and O–H groups in total. The van der Waals surface area contributed by atoms with Crippen LogP contribution in [0.5, 0.6) is 0 Å². The van der Waals surface area contributed by atoms with Crippen molar-refractivity contribution in [3.05, 3.63) is 16.1 Å². The highest BCUT2D eigenvalue weighted by molar-refractivity contribution is 7.99. The van der Waals surface area contributed by atoms with Gasteiger partial charge in [0.15, 0.2) is 5.78 Å². The van der Waals surface area contributed by atoms with E-state index >= 15 is 0 Å². The van der Waals surface area contributed by atoms with Crippen LogP contribution in [-0.2, 0) is 4.74 Å². The quantitative estimate of drug-likeness (QED) is 0.620. The lowest BCUT2D eigenvalue weighted by Crippen LogP contribution is -2.15. The lowest BCUT2D eigenvalue weighted by molar-refractivity contribution is 0.0753. The minimum Gasteiger partial charge on any atom is -0.369 e. The van der Waals surface area contributed by atoms with Crippen LogP contribution in [0.3, 0.4) is 0 Å². The number of thiazole rings is 1. The molecule has 0 radical (unpaired) electrons. The fourth-order valence-corrected chi connectivity index (χ4v) is 3.22. The number of alkyl halides is 1. The van der Waals surface area contributed by atoms with Gasteiger partial charge < -0.3 is 4.74 Å². The summed E-state index contributed by atoms with van der Waals surface area (Å²) in [6.45, 7) is 0.758. The van der Waals surface area contributed by atoms with Gasteiger partial charge in [0.1, 0.15) is 16.8 Å². The number of carbonyl (C=O) groups is 1. The van der Waals surface area contributed by atoms with Gasteiger partial charge in [-0.3, -0.25) is 4.79 Å². The summed E-state index contributed by atoms with van der Waals surface area (Å²) in [5, 5.41) is 2.64. The van der Waals surface area contributed by atoms with Crippen LogP contribution in [-0.4, -0.2) is 34.8 Å². The third-order valence-corrected chi connectivity index (χ3v) is 4.19. The molecule has 0 bridgehead atoms. The largest absolute Gasteiger partial charge is 0.369 e. The van der Waals surface area contributed by atoms with E-state index in [1.54, 1.807) is 5.38 Å². The molecule has 1 aromatic rings.